The fourth-order valence-corrected chi connectivity index (χ4v) is 4.13. The monoisotopic (exact) mass is 430 g/mol. The minimum absolute atomic E-state index is 0.0823. The number of rotatable bonds is 5. The van der Waals surface area contributed by atoms with E-state index in [9.17, 15) is 9.59 Å². The molecule has 1 atom stereocenters. The third-order valence-corrected chi connectivity index (χ3v) is 5.77. The maximum atomic E-state index is 13.4. The van der Waals surface area contributed by atoms with Crippen molar-refractivity contribution in [3.8, 4) is 17.2 Å². The summed E-state index contributed by atoms with van der Waals surface area (Å²) in [5.74, 6) is 1.40. The highest BCUT2D eigenvalue weighted by molar-refractivity contribution is 6.32. The van der Waals surface area contributed by atoms with Gasteiger partial charge in [0.05, 0.1) is 31.9 Å². The van der Waals surface area contributed by atoms with Crippen LogP contribution in [0.4, 0.5) is 4.79 Å². The number of fused-ring (bicyclic) bond motifs is 1. The lowest BCUT2D eigenvalue weighted by molar-refractivity contribution is -0.132. The molecule has 0 bridgehead atoms. The number of carbonyl (C=O) groups is 2. The number of halogens is 1. The van der Waals surface area contributed by atoms with E-state index in [1.807, 2.05) is 6.92 Å². The van der Waals surface area contributed by atoms with E-state index in [4.69, 9.17) is 25.8 Å². The molecule has 2 aromatic rings. The average Bonchev–Trinajstić information content (AvgIpc) is 2.91. The average molecular weight is 431 g/mol. The Bertz CT molecular complexity index is 978. The molecule has 0 saturated carbocycles. The number of ether oxygens (including phenoxy) is 3. The van der Waals surface area contributed by atoms with Crippen LogP contribution in [0.5, 0.6) is 17.2 Å². The summed E-state index contributed by atoms with van der Waals surface area (Å²) in [6.07, 6.45) is 1.18. The zero-order valence-corrected chi connectivity index (χ0v) is 17.6. The lowest BCUT2D eigenvalue weighted by Crippen LogP contribution is -2.43. The summed E-state index contributed by atoms with van der Waals surface area (Å²) in [5, 5.41) is 3.28. The molecule has 0 aromatic heterocycles. The van der Waals surface area contributed by atoms with Gasteiger partial charge in [-0.25, -0.2) is 4.79 Å². The van der Waals surface area contributed by atoms with Gasteiger partial charge in [0.2, 0.25) is 0 Å². The number of methoxy groups -OCH3 is 1. The number of imide groups is 1. The molecule has 0 aliphatic carbocycles. The maximum absolute atomic E-state index is 13.4. The van der Waals surface area contributed by atoms with Crippen LogP contribution in [-0.4, -0.2) is 37.2 Å². The molecule has 8 heteroatoms. The van der Waals surface area contributed by atoms with Gasteiger partial charge in [-0.05, 0) is 41.8 Å². The van der Waals surface area contributed by atoms with Gasteiger partial charge >= 0.3 is 6.03 Å². The first kappa shape index (κ1) is 20.3. The molecule has 30 heavy (non-hydrogen) atoms. The molecule has 2 aliphatic rings. The fraction of sp³-hybridized carbons (Fsp3) is 0.364. The number of amides is 3. The van der Waals surface area contributed by atoms with Crippen LogP contribution < -0.4 is 19.5 Å². The van der Waals surface area contributed by atoms with Gasteiger partial charge in [-0.1, -0.05) is 30.7 Å². The van der Waals surface area contributed by atoms with Gasteiger partial charge in [0.1, 0.15) is 11.3 Å². The van der Waals surface area contributed by atoms with Crippen LogP contribution in [0.15, 0.2) is 36.4 Å². The molecular weight excluding hydrogens is 408 g/mol. The van der Waals surface area contributed by atoms with E-state index in [0.29, 0.717) is 53.0 Å². The molecule has 0 spiro atoms. The van der Waals surface area contributed by atoms with Crippen LogP contribution in [0.3, 0.4) is 0 Å². The summed E-state index contributed by atoms with van der Waals surface area (Å²) in [6, 6.07) is 10.2. The summed E-state index contributed by atoms with van der Waals surface area (Å²) in [7, 11) is 1.58. The second-order valence-corrected chi connectivity index (χ2v) is 7.67. The van der Waals surface area contributed by atoms with E-state index in [-0.39, 0.29) is 12.5 Å². The number of nitrogens with one attached hydrogen (secondary N) is 1. The maximum Gasteiger partial charge on any atom is 0.325 e. The Morgan fingerprint density at radius 1 is 1.17 bits per heavy atom. The Morgan fingerprint density at radius 3 is 2.60 bits per heavy atom. The molecule has 4 rings (SSSR count). The van der Waals surface area contributed by atoms with Gasteiger partial charge in [-0.3, -0.25) is 9.69 Å². The molecule has 3 amide bonds. The van der Waals surface area contributed by atoms with E-state index in [1.165, 1.54) is 4.90 Å². The second kappa shape index (κ2) is 8.07. The van der Waals surface area contributed by atoms with Gasteiger partial charge in [0.15, 0.2) is 11.5 Å². The number of urea groups is 1. The summed E-state index contributed by atoms with van der Waals surface area (Å²) in [6.45, 7) is 3.00. The highest BCUT2D eigenvalue weighted by Gasteiger charge is 2.51. The number of hydrogen-bond donors (Lipinski definition) is 1. The highest BCUT2D eigenvalue weighted by atomic mass is 35.5. The van der Waals surface area contributed by atoms with E-state index < -0.39 is 11.6 Å². The molecule has 1 saturated heterocycles. The van der Waals surface area contributed by atoms with Crippen molar-refractivity contribution in [1.82, 2.24) is 10.2 Å². The third-order valence-electron chi connectivity index (χ3n) is 5.49. The summed E-state index contributed by atoms with van der Waals surface area (Å²) in [5.41, 5.74) is 0.288. The molecule has 1 fully saturated rings. The van der Waals surface area contributed by atoms with Gasteiger partial charge in [0.25, 0.3) is 5.91 Å². The van der Waals surface area contributed by atoms with Gasteiger partial charge in [-0.2, -0.15) is 0 Å². The molecule has 7 nitrogen and oxygen atoms in total. The number of hydrogen-bond acceptors (Lipinski definition) is 5. The van der Waals surface area contributed by atoms with Gasteiger partial charge < -0.3 is 19.5 Å². The fourth-order valence-electron chi connectivity index (χ4n) is 3.84. The molecular formula is C22H23ClN2O5. The minimum Gasteiger partial charge on any atom is -0.497 e. The van der Waals surface area contributed by atoms with Crippen molar-refractivity contribution in [3.05, 3.63) is 52.5 Å². The van der Waals surface area contributed by atoms with Crippen molar-refractivity contribution in [2.24, 2.45) is 0 Å². The van der Waals surface area contributed by atoms with E-state index in [2.05, 4.69) is 5.32 Å². The molecule has 1 N–H and O–H groups in total. The normalized spacial score (nSPS) is 20.7. The van der Waals surface area contributed by atoms with Crippen molar-refractivity contribution < 1.29 is 23.8 Å². The van der Waals surface area contributed by atoms with Crippen molar-refractivity contribution >= 4 is 23.5 Å². The van der Waals surface area contributed by atoms with E-state index in [1.54, 1.807) is 43.5 Å². The van der Waals surface area contributed by atoms with Crippen LogP contribution in [0.2, 0.25) is 5.02 Å². The van der Waals surface area contributed by atoms with Crippen LogP contribution in [0.25, 0.3) is 0 Å². The Morgan fingerprint density at radius 2 is 1.90 bits per heavy atom. The van der Waals surface area contributed by atoms with Crippen molar-refractivity contribution in [3.63, 3.8) is 0 Å². The molecule has 2 aromatic carbocycles. The van der Waals surface area contributed by atoms with Crippen LogP contribution in [0.1, 0.15) is 30.9 Å². The Kier molecular flexibility index (Phi) is 5.47. The highest BCUT2D eigenvalue weighted by Crippen LogP contribution is 2.39. The smallest absolute Gasteiger partial charge is 0.325 e. The lowest BCUT2D eigenvalue weighted by Gasteiger charge is -2.26. The molecule has 2 heterocycles. The van der Waals surface area contributed by atoms with Gasteiger partial charge in [0, 0.05) is 6.42 Å². The first-order valence-electron chi connectivity index (χ1n) is 9.85. The number of benzene rings is 2. The first-order chi connectivity index (χ1) is 14.5. The standard InChI is InChI=1S/C22H23ClN2O5/c1-3-22(15-5-7-16(28-2)8-6-15)20(26)25(21(27)24-22)13-14-11-17(23)19-18(12-14)29-9-4-10-30-19/h5-8,11-12H,3-4,9-10,13H2,1-2H3,(H,24,27)/t22-/m1/s1. The topological polar surface area (TPSA) is 77.1 Å². The Hall–Kier alpha value is -2.93. The van der Waals surface area contributed by atoms with Crippen molar-refractivity contribution in [1.29, 1.82) is 0 Å². The van der Waals surface area contributed by atoms with E-state index in [0.717, 1.165) is 6.42 Å². The van der Waals surface area contributed by atoms with Crippen LogP contribution in [0, 0.1) is 0 Å². The predicted octanol–water partition coefficient (Wildman–Crippen LogP) is 3.87. The second-order valence-electron chi connectivity index (χ2n) is 7.26. The molecule has 0 unspecified atom stereocenters. The SMILES string of the molecule is CC[C@]1(c2ccc(OC)cc2)NC(=O)N(Cc2cc(Cl)c3c(c2)OCCCO3)C1=O. The Balaban J connectivity index is 1.62. The number of carbonyl (C=O) groups excluding carboxylic acids is 2. The first-order valence-corrected chi connectivity index (χ1v) is 10.2. The zero-order valence-electron chi connectivity index (χ0n) is 16.9. The minimum atomic E-state index is -1.11. The van der Waals surface area contributed by atoms with Crippen LogP contribution >= 0.6 is 11.6 Å². The third kappa shape index (κ3) is 3.43. The quantitative estimate of drug-likeness (QED) is 0.729. The summed E-state index contributed by atoms with van der Waals surface area (Å²) < 4.78 is 16.6. The summed E-state index contributed by atoms with van der Waals surface area (Å²) >= 11 is 6.37. The van der Waals surface area contributed by atoms with E-state index >= 15 is 0 Å². The predicted molar refractivity (Wildman–Crippen MR) is 111 cm³/mol. The zero-order chi connectivity index (χ0) is 21.3. The number of nitrogens with zero attached hydrogens (tertiary/aromatic N) is 1. The lowest BCUT2D eigenvalue weighted by atomic mass is 9.87. The molecule has 2 aliphatic heterocycles. The van der Waals surface area contributed by atoms with Crippen molar-refractivity contribution in [2.75, 3.05) is 20.3 Å². The van der Waals surface area contributed by atoms with Crippen LogP contribution in [-0.2, 0) is 16.9 Å². The molecule has 158 valence electrons. The van der Waals surface area contributed by atoms with Gasteiger partial charge in [-0.15, -0.1) is 0 Å². The van der Waals surface area contributed by atoms with Crippen molar-refractivity contribution in [2.45, 2.75) is 31.8 Å². The summed E-state index contributed by atoms with van der Waals surface area (Å²) in [4.78, 5) is 27.4. The largest absolute Gasteiger partial charge is 0.497 e. The Labute approximate surface area is 179 Å². The molecule has 0 radical (unpaired) electrons.